The molecule has 0 unspecified atom stereocenters. The molecule has 0 aliphatic carbocycles. The molecule has 0 fully saturated rings. The van der Waals surface area contributed by atoms with Crippen molar-refractivity contribution in [2.24, 2.45) is 5.10 Å². The predicted molar refractivity (Wildman–Crippen MR) is 151 cm³/mol. The highest BCUT2D eigenvalue weighted by atomic mass is 35.5. The zero-order valence-electron chi connectivity index (χ0n) is 20.9. The molecule has 1 N–H and O–H groups in total. The first kappa shape index (κ1) is 27.7. The molecule has 0 saturated heterocycles. The lowest BCUT2D eigenvalue weighted by Crippen LogP contribution is -2.17. The van der Waals surface area contributed by atoms with Gasteiger partial charge >= 0.3 is 5.97 Å². The highest BCUT2D eigenvalue weighted by Gasteiger charge is 2.09. The molecule has 0 radical (unpaired) electrons. The van der Waals surface area contributed by atoms with Crippen LogP contribution in [0.15, 0.2) is 96.1 Å². The summed E-state index contributed by atoms with van der Waals surface area (Å²) in [6.45, 7) is 2.71. The standard InChI is InChI=1S/C30H24Cl2N2O5/c1-2-37-25-15-8-22(9-16-25)30(36)39-27-11-3-20(4-12-27)18-33-34-29(35)21-6-13-26(14-7-21)38-19-23-5-10-24(31)17-28(23)32/h3-18H,2,19H2,1H3,(H,34,35)/b33-18+. The molecule has 1 amide bonds. The van der Waals surface area contributed by atoms with Crippen molar-refractivity contribution >= 4 is 41.3 Å². The molecule has 4 aromatic carbocycles. The third-order valence-corrected chi connectivity index (χ3v) is 5.98. The molecular weight excluding hydrogens is 539 g/mol. The van der Waals surface area contributed by atoms with Crippen LogP contribution in [0.25, 0.3) is 0 Å². The van der Waals surface area contributed by atoms with Crippen molar-refractivity contribution in [1.82, 2.24) is 5.43 Å². The molecule has 0 aliphatic heterocycles. The van der Waals surface area contributed by atoms with Crippen LogP contribution >= 0.6 is 23.2 Å². The lowest BCUT2D eigenvalue weighted by molar-refractivity contribution is 0.0734. The van der Waals surface area contributed by atoms with Crippen LogP contribution in [0.2, 0.25) is 10.0 Å². The Morgan fingerprint density at radius 3 is 2.05 bits per heavy atom. The number of benzene rings is 4. The van der Waals surface area contributed by atoms with Gasteiger partial charge in [-0.2, -0.15) is 5.10 Å². The van der Waals surface area contributed by atoms with E-state index in [-0.39, 0.29) is 12.5 Å². The molecule has 9 heteroatoms. The second-order valence-corrected chi connectivity index (χ2v) is 9.01. The van der Waals surface area contributed by atoms with E-state index in [1.807, 2.05) is 6.92 Å². The number of nitrogens with zero attached hydrogens (tertiary/aromatic N) is 1. The SMILES string of the molecule is CCOc1ccc(C(=O)Oc2ccc(/C=N/NC(=O)c3ccc(OCc4ccc(Cl)cc4Cl)cc3)cc2)cc1. The van der Waals surface area contributed by atoms with Crippen LogP contribution in [0.3, 0.4) is 0 Å². The molecule has 0 saturated carbocycles. The summed E-state index contributed by atoms with van der Waals surface area (Å²) in [5.74, 6) is 0.809. The van der Waals surface area contributed by atoms with Crippen molar-refractivity contribution in [3.05, 3.63) is 123 Å². The fourth-order valence-electron chi connectivity index (χ4n) is 3.37. The van der Waals surface area contributed by atoms with Crippen LogP contribution in [0, 0.1) is 0 Å². The Hall–Kier alpha value is -4.33. The average molecular weight is 563 g/mol. The lowest BCUT2D eigenvalue weighted by atomic mass is 10.2. The first-order valence-electron chi connectivity index (χ1n) is 12.0. The third kappa shape index (κ3) is 8.07. The molecule has 0 atom stereocenters. The Labute approximate surface area is 235 Å². The van der Waals surface area contributed by atoms with Gasteiger partial charge in [0.15, 0.2) is 0 Å². The number of hydrogen-bond donors (Lipinski definition) is 1. The molecule has 0 heterocycles. The van der Waals surface area contributed by atoms with E-state index >= 15 is 0 Å². The summed E-state index contributed by atoms with van der Waals surface area (Å²) < 4.78 is 16.5. The fraction of sp³-hybridized carbons (Fsp3) is 0.100. The van der Waals surface area contributed by atoms with E-state index in [0.717, 1.165) is 5.56 Å². The highest BCUT2D eigenvalue weighted by molar-refractivity contribution is 6.35. The first-order valence-corrected chi connectivity index (χ1v) is 12.7. The van der Waals surface area contributed by atoms with Crippen LogP contribution in [0.1, 0.15) is 38.8 Å². The van der Waals surface area contributed by atoms with E-state index in [1.165, 1.54) is 6.21 Å². The minimum atomic E-state index is -0.475. The molecule has 198 valence electrons. The minimum absolute atomic E-state index is 0.269. The Morgan fingerprint density at radius 1 is 0.795 bits per heavy atom. The minimum Gasteiger partial charge on any atom is -0.494 e. The molecule has 4 aromatic rings. The molecular formula is C30H24Cl2N2O5. The summed E-state index contributed by atoms with van der Waals surface area (Å²) in [6.07, 6.45) is 1.49. The number of carbonyl (C=O) groups excluding carboxylic acids is 2. The van der Waals surface area contributed by atoms with E-state index in [4.69, 9.17) is 37.4 Å². The monoisotopic (exact) mass is 562 g/mol. The van der Waals surface area contributed by atoms with Crippen molar-refractivity contribution in [2.45, 2.75) is 13.5 Å². The topological polar surface area (TPSA) is 86.2 Å². The van der Waals surface area contributed by atoms with Gasteiger partial charge in [-0.1, -0.05) is 29.3 Å². The second kappa shape index (κ2) is 13.5. The largest absolute Gasteiger partial charge is 0.494 e. The summed E-state index contributed by atoms with van der Waals surface area (Å²) in [6, 6.07) is 25.3. The Bertz CT molecular complexity index is 1450. The maximum atomic E-state index is 12.4. The summed E-state index contributed by atoms with van der Waals surface area (Å²) in [5, 5.41) is 5.07. The smallest absolute Gasteiger partial charge is 0.343 e. The zero-order chi connectivity index (χ0) is 27.6. The van der Waals surface area contributed by atoms with Crippen LogP contribution in [0.4, 0.5) is 0 Å². The van der Waals surface area contributed by atoms with Gasteiger partial charge in [-0.15, -0.1) is 0 Å². The van der Waals surface area contributed by atoms with Gasteiger partial charge in [0, 0.05) is 21.2 Å². The number of amides is 1. The van der Waals surface area contributed by atoms with Crippen LogP contribution < -0.4 is 19.6 Å². The Kier molecular flexibility index (Phi) is 9.56. The molecule has 0 aliphatic rings. The van der Waals surface area contributed by atoms with Crippen LogP contribution in [-0.2, 0) is 6.61 Å². The second-order valence-electron chi connectivity index (χ2n) is 8.16. The average Bonchev–Trinajstić information content (AvgIpc) is 2.94. The van der Waals surface area contributed by atoms with Crippen molar-refractivity contribution in [3.8, 4) is 17.2 Å². The van der Waals surface area contributed by atoms with Crippen molar-refractivity contribution in [3.63, 3.8) is 0 Å². The molecule has 0 aromatic heterocycles. The molecule has 0 bridgehead atoms. The Balaban J connectivity index is 1.25. The summed E-state index contributed by atoms with van der Waals surface area (Å²) in [7, 11) is 0. The molecule has 7 nitrogen and oxygen atoms in total. The number of nitrogens with one attached hydrogen (secondary N) is 1. The first-order chi connectivity index (χ1) is 18.9. The molecule has 39 heavy (non-hydrogen) atoms. The Morgan fingerprint density at radius 2 is 1.41 bits per heavy atom. The van der Waals surface area contributed by atoms with Crippen LogP contribution in [0.5, 0.6) is 17.2 Å². The van der Waals surface area contributed by atoms with Gasteiger partial charge in [0.2, 0.25) is 0 Å². The number of carbonyl (C=O) groups is 2. The quantitative estimate of drug-likeness (QED) is 0.0977. The summed E-state index contributed by atoms with van der Waals surface area (Å²) in [4.78, 5) is 24.8. The maximum Gasteiger partial charge on any atom is 0.343 e. The van der Waals surface area contributed by atoms with Gasteiger partial charge in [0.25, 0.3) is 5.91 Å². The van der Waals surface area contributed by atoms with E-state index in [0.29, 0.717) is 50.6 Å². The number of ether oxygens (including phenoxy) is 3. The van der Waals surface area contributed by atoms with E-state index in [2.05, 4.69) is 10.5 Å². The lowest BCUT2D eigenvalue weighted by Gasteiger charge is -2.08. The van der Waals surface area contributed by atoms with Gasteiger partial charge in [0.05, 0.1) is 18.4 Å². The number of rotatable bonds is 10. The third-order valence-electron chi connectivity index (χ3n) is 5.40. The van der Waals surface area contributed by atoms with E-state index in [1.54, 1.807) is 91.0 Å². The molecule has 0 spiro atoms. The maximum absolute atomic E-state index is 12.4. The number of hydrogen-bond acceptors (Lipinski definition) is 6. The number of halogens is 2. The van der Waals surface area contributed by atoms with Gasteiger partial charge < -0.3 is 14.2 Å². The van der Waals surface area contributed by atoms with Gasteiger partial charge in [-0.05, 0) is 97.4 Å². The number of hydrazone groups is 1. The molecule has 4 rings (SSSR count). The predicted octanol–water partition coefficient (Wildman–Crippen LogP) is 6.95. The van der Waals surface area contributed by atoms with Gasteiger partial charge in [-0.3, -0.25) is 4.79 Å². The van der Waals surface area contributed by atoms with Gasteiger partial charge in [-0.25, -0.2) is 10.2 Å². The normalized spacial score (nSPS) is 10.7. The van der Waals surface area contributed by atoms with Crippen LogP contribution in [-0.4, -0.2) is 24.7 Å². The van der Waals surface area contributed by atoms with E-state index < -0.39 is 5.97 Å². The van der Waals surface area contributed by atoms with Crippen molar-refractivity contribution < 1.29 is 23.8 Å². The highest BCUT2D eigenvalue weighted by Crippen LogP contribution is 2.23. The van der Waals surface area contributed by atoms with Gasteiger partial charge in [0.1, 0.15) is 23.9 Å². The summed E-state index contributed by atoms with van der Waals surface area (Å²) in [5.41, 5.74) is 4.83. The van der Waals surface area contributed by atoms with Crippen molar-refractivity contribution in [1.29, 1.82) is 0 Å². The van der Waals surface area contributed by atoms with E-state index in [9.17, 15) is 9.59 Å². The number of esters is 1. The zero-order valence-corrected chi connectivity index (χ0v) is 22.4. The summed E-state index contributed by atoms with van der Waals surface area (Å²) >= 11 is 12.1. The fourth-order valence-corrected chi connectivity index (χ4v) is 3.84. The van der Waals surface area contributed by atoms with Crippen molar-refractivity contribution in [2.75, 3.05) is 6.61 Å².